The fourth-order valence-corrected chi connectivity index (χ4v) is 3.18. The lowest BCUT2D eigenvalue weighted by molar-refractivity contribution is -0.126. The van der Waals surface area contributed by atoms with E-state index in [2.05, 4.69) is 15.5 Å². The first-order valence-corrected chi connectivity index (χ1v) is 11.4. The summed E-state index contributed by atoms with van der Waals surface area (Å²) < 4.78 is 22.5. The van der Waals surface area contributed by atoms with E-state index >= 15 is 0 Å². The van der Waals surface area contributed by atoms with Gasteiger partial charge >= 0.3 is 0 Å². The number of hydrogen-bond acceptors (Lipinski definition) is 8. The van der Waals surface area contributed by atoms with Crippen LogP contribution in [0.1, 0.15) is 34.6 Å². The van der Waals surface area contributed by atoms with Gasteiger partial charge < -0.3 is 24.3 Å². The normalized spacial score (nSPS) is 11.7. The molecule has 9 nitrogen and oxygen atoms in total. The molecule has 0 aromatic heterocycles. The number of ketones is 1. The molecule has 0 aliphatic heterocycles. The van der Waals surface area contributed by atoms with Crippen LogP contribution in [0.3, 0.4) is 0 Å². The van der Waals surface area contributed by atoms with Crippen LogP contribution in [0, 0.1) is 0 Å². The third-order valence-electron chi connectivity index (χ3n) is 4.37. The molecular formula is C24H30ClN3O6. The van der Waals surface area contributed by atoms with Crippen LogP contribution in [0.4, 0.5) is 11.4 Å². The van der Waals surface area contributed by atoms with Gasteiger partial charge in [-0.3, -0.25) is 9.59 Å². The van der Waals surface area contributed by atoms with Gasteiger partial charge in [-0.2, -0.15) is 10.2 Å². The Kier molecular flexibility index (Phi) is 10.6. The number of rotatable bonds is 13. The standard InChI is InChI=1S/C24H30ClN3O6/c1-6-31-18-12-10-11-17(22(18)33-8-3)27-28-20(15(5)29)24(30)26-21-16(25)13-14-19(32-7-2)23(21)34-9-4/h10-14,20H,6-9H2,1-5H3,(H,26,30). The molecule has 10 heteroatoms. The van der Waals surface area contributed by atoms with E-state index in [1.807, 2.05) is 20.8 Å². The van der Waals surface area contributed by atoms with E-state index in [0.29, 0.717) is 49.4 Å². The van der Waals surface area contributed by atoms with Crippen molar-refractivity contribution in [3.05, 3.63) is 35.4 Å². The highest BCUT2D eigenvalue weighted by Gasteiger charge is 2.26. The van der Waals surface area contributed by atoms with E-state index in [9.17, 15) is 9.59 Å². The van der Waals surface area contributed by atoms with Crippen molar-refractivity contribution in [2.45, 2.75) is 40.7 Å². The van der Waals surface area contributed by atoms with E-state index in [4.69, 9.17) is 30.5 Å². The third kappa shape index (κ3) is 6.84. The number of halogens is 1. The molecule has 34 heavy (non-hydrogen) atoms. The van der Waals surface area contributed by atoms with Crippen LogP contribution in [-0.2, 0) is 9.59 Å². The van der Waals surface area contributed by atoms with Crippen molar-refractivity contribution in [3.8, 4) is 23.0 Å². The summed E-state index contributed by atoms with van der Waals surface area (Å²) in [6.07, 6.45) is 0. The molecule has 0 heterocycles. The first-order valence-electron chi connectivity index (χ1n) is 11.1. The van der Waals surface area contributed by atoms with Crippen molar-refractivity contribution in [1.82, 2.24) is 0 Å². The predicted octanol–water partition coefficient (Wildman–Crippen LogP) is 5.61. The van der Waals surface area contributed by atoms with Crippen molar-refractivity contribution in [3.63, 3.8) is 0 Å². The van der Waals surface area contributed by atoms with E-state index in [1.54, 1.807) is 37.3 Å². The number of nitrogens with zero attached hydrogens (tertiary/aromatic N) is 2. The van der Waals surface area contributed by atoms with Gasteiger partial charge in [0, 0.05) is 0 Å². The van der Waals surface area contributed by atoms with Gasteiger partial charge in [0.05, 0.1) is 31.5 Å². The molecule has 184 valence electrons. The lowest BCUT2D eigenvalue weighted by Gasteiger charge is -2.18. The largest absolute Gasteiger partial charge is 0.490 e. The maximum atomic E-state index is 13.0. The molecule has 0 aliphatic carbocycles. The van der Waals surface area contributed by atoms with Crippen molar-refractivity contribution in [2.75, 3.05) is 31.7 Å². The molecule has 2 rings (SSSR count). The molecule has 2 aromatic rings. The lowest BCUT2D eigenvalue weighted by atomic mass is 10.2. The number of hydrogen-bond donors (Lipinski definition) is 1. The second-order valence-electron chi connectivity index (χ2n) is 6.80. The van der Waals surface area contributed by atoms with Crippen LogP contribution < -0.4 is 24.3 Å². The number of Topliss-reactive ketones (excluding diaryl/α,β-unsaturated/α-hetero) is 1. The van der Waals surface area contributed by atoms with Crippen LogP contribution in [0.2, 0.25) is 5.02 Å². The molecule has 1 unspecified atom stereocenters. The minimum absolute atomic E-state index is 0.189. The molecule has 0 saturated carbocycles. The molecule has 0 aliphatic rings. The van der Waals surface area contributed by atoms with Crippen molar-refractivity contribution in [2.24, 2.45) is 10.2 Å². The van der Waals surface area contributed by atoms with Crippen molar-refractivity contribution >= 4 is 34.7 Å². The number of anilines is 1. The Morgan fingerprint density at radius 2 is 1.47 bits per heavy atom. The Labute approximate surface area is 204 Å². The second kappa shape index (κ2) is 13.4. The third-order valence-corrected chi connectivity index (χ3v) is 4.68. The molecule has 0 spiro atoms. The molecule has 2 aromatic carbocycles. The summed E-state index contributed by atoms with van der Waals surface area (Å²) in [6.45, 7) is 10.1. The number of ether oxygens (including phenoxy) is 4. The van der Waals surface area contributed by atoms with Gasteiger partial charge in [0.2, 0.25) is 6.04 Å². The van der Waals surface area contributed by atoms with Gasteiger partial charge in [-0.25, -0.2) is 0 Å². The molecule has 1 amide bonds. The Balaban J connectivity index is 2.39. The summed E-state index contributed by atoms with van der Waals surface area (Å²) in [6, 6.07) is 6.91. The Morgan fingerprint density at radius 3 is 2.06 bits per heavy atom. The van der Waals surface area contributed by atoms with Gasteiger partial charge in [-0.15, -0.1) is 0 Å². The number of carbonyl (C=O) groups is 2. The van der Waals surface area contributed by atoms with Crippen LogP contribution in [-0.4, -0.2) is 44.2 Å². The smallest absolute Gasteiger partial charge is 0.258 e. The van der Waals surface area contributed by atoms with E-state index < -0.39 is 17.7 Å². The maximum Gasteiger partial charge on any atom is 0.258 e. The monoisotopic (exact) mass is 491 g/mol. The Hall–Kier alpha value is -3.33. The number of carbonyl (C=O) groups excluding carboxylic acids is 2. The van der Waals surface area contributed by atoms with Crippen LogP contribution in [0.25, 0.3) is 0 Å². The number of nitrogens with one attached hydrogen (secondary N) is 1. The molecule has 1 N–H and O–H groups in total. The SMILES string of the molecule is CCOc1cccc(N=NC(C(C)=O)C(=O)Nc2c(Cl)ccc(OCC)c2OCC)c1OCC. The minimum atomic E-state index is -1.42. The van der Waals surface area contributed by atoms with Gasteiger partial charge in [-0.1, -0.05) is 17.7 Å². The summed E-state index contributed by atoms with van der Waals surface area (Å²) in [4.78, 5) is 25.3. The molecular weight excluding hydrogens is 462 g/mol. The summed E-state index contributed by atoms with van der Waals surface area (Å²) in [5, 5.41) is 11.0. The topological polar surface area (TPSA) is 108 Å². The summed E-state index contributed by atoms with van der Waals surface area (Å²) >= 11 is 6.32. The van der Waals surface area contributed by atoms with E-state index in [0.717, 1.165) is 0 Å². The first kappa shape index (κ1) is 26.9. The van der Waals surface area contributed by atoms with Crippen molar-refractivity contribution < 1.29 is 28.5 Å². The highest BCUT2D eigenvalue weighted by molar-refractivity contribution is 6.34. The zero-order valence-corrected chi connectivity index (χ0v) is 20.8. The van der Waals surface area contributed by atoms with Crippen LogP contribution in [0.5, 0.6) is 23.0 Å². The second-order valence-corrected chi connectivity index (χ2v) is 7.21. The zero-order chi connectivity index (χ0) is 25.1. The van der Waals surface area contributed by atoms with Gasteiger partial charge in [0.1, 0.15) is 11.4 Å². The van der Waals surface area contributed by atoms with Crippen LogP contribution >= 0.6 is 11.6 Å². The average molecular weight is 492 g/mol. The van der Waals surface area contributed by atoms with Gasteiger partial charge in [-0.05, 0) is 58.9 Å². The molecule has 0 bridgehead atoms. The van der Waals surface area contributed by atoms with Gasteiger partial charge in [0.15, 0.2) is 28.8 Å². The molecule has 1 atom stereocenters. The van der Waals surface area contributed by atoms with Crippen LogP contribution in [0.15, 0.2) is 40.6 Å². The molecule has 0 saturated heterocycles. The summed E-state index contributed by atoms with van der Waals surface area (Å²) in [7, 11) is 0. The fourth-order valence-electron chi connectivity index (χ4n) is 2.98. The highest BCUT2D eigenvalue weighted by atomic mass is 35.5. The average Bonchev–Trinajstić information content (AvgIpc) is 2.80. The number of azo groups is 1. The number of para-hydroxylation sites is 1. The number of amides is 1. The highest BCUT2D eigenvalue weighted by Crippen LogP contribution is 2.41. The first-order chi connectivity index (χ1) is 16.4. The van der Waals surface area contributed by atoms with Gasteiger partial charge in [0.25, 0.3) is 5.91 Å². The van der Waals surface area contributed by atoms with E-state index in [-0.39, 0.29) is 16.5 Å². The predicted molar refractivity (Wildman–Crippen MR) is 130 cm³/mol. The van der Waals surface area contributed by atoms with Crippen molar-refractivity contribution in [1.29, 1.82) is 0 Å². The minimum Gasteiger partial charge on any atom is -0.490 e. The molecule has 0 radical (unpaired) electrons. The zero-order valence-electron chi connectivity index (χ0n) is 20.0. The lowest BCUT2D eigenvalue weighted by Crippen LogP contribution is -2.32. The fraction of sp³-hybridized carbons (Fsp3) is 0.417. The maximum absolute atomic E-state index is 13.0. The number of benzene rings is 2. The molecule has 0 fully saturated rings. The quantitative estimate of drug-likeness (QED) is 0.288. The Morgan fingerprint density at radius 1 is 0.882 bits per heavy atom. The Bertz CT molecular complexity index is 1030. The summed E-state index contributed by atoms with van der Waals surface area (Å²) in [5.41, 5.74) is 0.521. The van der Waals surface area contributed by atoms with E-state index in [1.165, 1.54) is 6.92 Å². The summed E-state index contributed by atoms with van der Waals surface area (Å²) in [5.74, 6) is 0.337.